The van der Waals surface area contributed by atoms with Crippen LogP contribution in [0.2, 0.25) is 0 Å². The van der Waals surface area contributed by atoms with Gasteiger partial charge < -0.3 is 5.32 Å². The maximum Gasteiger partial charge on any atom is 0.245 e. The highest BCUT2D eigenvalue weighted by atomic mass is 32.2. The smallest absolute Gasteiger partial charge is 0.245 e. The van der Waals surface area contributed by atoms with Crippen molar-refractivity contribution in [3.8, 4) is 0 Å². The summed E-state index contributed by atoms with van der Waals surface area (Å²) in [6, 6.07) is 0. The lowest BCUT2D eigenvalue weighted by molar-refractivity contribution is -0.116. The second-order valence-electron chi connectivity index (χ2n) is 13.7. The molecule has 1 saturated carbocycles. The molecule has 306 valence electrons. The summed E-state index contributed by atoms with van der Waals surface area (Å²) >= 11 is 1.83. The Balaban J connectivity index is -0.000000131. The molecule has 4 heteroatoms. The van der Waals surface area contributed by atoms with Crippen LogP contribution in [0, 0.1) is 23.7 Å². The predicted molar refractivity (Wildman–Crippen MR) is 242 cm³/mol. The Morgan fingerprint density at radius 1 is 0.760 bits per heavy atom. The maximum absolute atomic E-state index is 12.4. The van der Waals surface area contributed by atoms with Gasteiger partial charge >= 0.3 is 0 Å². The first-order valence-electron chi connectivity index (χ1n) is 21.6. The minimum atomic E-state index is 0.00734. The number of nitrogens with one attached hydrogen (secondary N) is 1. The Kier molecular flexibility index (Phi) is 73.3. The van der Waals surface area contributed by atoms with Gasteiger partial charge in [-0.15, -0.1) is 11.8 Å². The van der Waals surface area contributed by atoms with Crippen LogP contribution in [0.4, 0.5) is 0 Å². The zero-order valence-corrected chi connectivity index (χ0v) is 39.6. The standard InChI is InChI=1S/C23H40N2OS.C6H14.2C4H10.C3H8.3C2H6/c1-5-11-19(4)16-20(6-2)14-15-25-23(26)17-22(18-24-7-3)27-21-12-9-8-10-13-21;1-4-6(3)5-2;2*1-4(2)3;1-3-2;3*1-2/h6,17-19,21H,5,7-16H2,1-4H3,(H,25,26);6H,4-5H2,1-3H3;2*4H,1-3H3;3H2,1-2H3;3*1-2H3/b20-6-,22-17-,24-18?;;;;;;;. The molecule has 0 spiro atoms. The van der Waals surface area contributed by atoms with E-state index in [4.69, 9.17) is 0 Å². The van der Waals surface area contributed by atoms with Gasteiger partial charge in [0.2, 0.25) is 5.91 Å². The monoisotopic (exact) mass is 729 g/mol. The molecular weight excluding hydrogens is 629 g/mol. The molecule has 1 rings (SSSR count). The van der Waals surface area contributed by atoms with Crippen LogP contribution in [-0.4, -0.2) is 30.5 Å². The number of carbonyl (C=O) groups is 1. The zero-order chi connectivity index (χ0) is 40.8. The lowest BCUT2D eigenvalue weighted by atomic mass is 9.95. The van der Waals surface area contributed by atoms with E-state index in [1.807, 2.05) is 66.4 Å². The van der Waals surface area contributed by atoms with Crippen molar-refractivity contribution in [3.63, 3.8) is 0 Å². The van der Waals surface area contributed by atoms with E-state index in [0.29, 0.717) is 11.8 Å². The van der Waals surface area contributed by atoms with E-state index in [1.54, 1.807) is 6.08 Å². The molecule has 0 saturated heterocycles. The number of amides is 1. The Labute approximate surface area is 325 Å². The number of hydrogen-bond acceptors (Lipinski definition) is 3. The number of hydrogen-bond donors (Lipinski definition) is 1. The van der Waals surface area contributed by atoms with Crippen molar-refractivity contribution in [3.05, 3.63) is 22.6 Å². The third kappa shape index (κ3) is 68.8. The summed E-state index contributed by atoms with van der Waals surface area (Å²) in [4.78, 5) is 17.7. The Hall–Kier alpha value is -1.03. The molecule has 0 radical (unpaired) electrons. The molecule has 50 heavy (non-hydrogen) atoms. The van der Waals surface area contributed by atoms with Gasteiger partial charge in [0.05, 0.1) is 0 Å². The Bertz CT molecular complexity index is 660. The third-order valence-electron chi connectivity index (χ3n) is 6.47. The van der Waals surface area contributed by atoms with E-state index in [0.717, 1.165) is 48.0 Å². The van der Waals surface area contributed by atoms with Crippen molar-refractivity contribution in [1.82, 2.24) is 5.32 Å². The molecule has 3 nitrogen and oxygen atoms in total. The molecule has 1 fully saturated rings. The molecule has 1 N–H and O–H groups in total. The van der Waals surface area contributed by atoms with E-state index >= 15 is 0 Å². The first kappa shape index (κ1) is 64.0. The van der Waals surface area contributed by atoms with Crippen molar-refractivity contribution in [2.45, 2.75) is 228 Å². The van der Waals surface area contributed by atoms with E-state index in [1.165, 1.54) is 69.8 Å². The number of carbonyl (C=O) groups excluding carboxylic acids is 1. The lowest BCUT2D eigenvalue weighted by Gasteiger charge is -2.21. The average Bonchev–Trinajstić information content (AvgIpc) is 3.09. The highest BCUT2D eigenvalue weighted by Gasteiger charge is 2.16. The lowest BCUT2D eigenvalue weighted by Crippen LogP contribution is -2.23. The summed E-state index contributed by atoms with van der Waals surface area (Å²) in [5, 5.41) is 3.70. The SMILES string of the molecule is C/C=C(/CCNC(=O)/C=C(/C=NCC)SC1CCCCC1)CC(C)CCC.CC.CC.CC.CC(C)C.CC(C)C.CCC.CCC(C)CC. The van der Waals surface area contributed by atoms with E-state index < -0.39 is 0 Å². The number of thioether (sulfide) groups is 1. The predicted octanol–water partition coefficient (Wildman–Crippen LogP) is 16.6. The van der Waals surface area contributed by atoms with Crippen LogP contribution in [0.3, 0.4) is 0 Å². The summed E-state index contributed by atoms with van der Waals surface area (Å²) in [7, 11) is 0. The van der Waals surface area contributed by atoms with Gasteiger partial charge in [-0.25, -0.2) is 0 Å². The van der Waals surface area contributed by atoms with Crippen molar-refractivity contribution in [2.75, 3.05) is 13.1 Å². The molecule has 1 atom stereocenters. The molecular formula is C46H100N2OS. The van der Waals surface area contributed by atoms with Crippen LogP contribution < -0.4 is 5.32 Å². The molecule has 0 aromatic rings. The molecule has 0 bridgehead atoms. The highest BCUT2D eigenvalue weighted by Crippen LogP contribution is 2.32. The summed E-state index contributed by atoms with van der Waals surface area (Å²) in [5.41, 5.74) is 1.45. The van der Waals surface area contributed by atoms with Crippen LogP contribution in [-0.2, 0) is 4.79 Å². The van der Waals surface area contributed by atoms with Crippen molar-refractivity contribution in [1.29, 1.82) is 0 Å². The summed E-state index contributed by atoms with van der Waals surface area (Å²) in [6.07, 6.45) is 20.8. The van der Waals surface area contributed by atoms with Gasteiger partial charge in [-0.05, 0) is 63.2 Å². The van der Waals surface area contributed by atoms with Gasteiger partial charge in [-0.1, -0.05) is 195 Å². The molecule has 0 aliphatic heterocycles. The molecule has 1 aliphatic carbocycles. The Morgan fingerprint density at radius 2 is 1.20 bits per heavy atom. The zero-order valence-electron chi connectivity index (χ0n) is 38.8. The summed E-state index contributed by atoms with van der Waals surface area (Å²) in [6.45, 7) is 46.1. The normalized spacial score (nSPS) is 13.1. The molecule has 0 aromatic carbocycles. The summed E-state index contributed by atoms with van der Waals surface area (Å²) in [5.74, 6) is 3.33. The number of nitrogens with zero attached hydrogens (tertiary/aromatic N) is 1. The van der Waals surface area contributed by atoms with Crippen LogP contribution in [0.1, 0.15) is 222 Å². The van der Waals surface area contributed by atoms with Gasteiger partial charge in [0.1, 0.15) is 0 Å². The van der Waals surface area contributed by atoms with Crippen LogP contribution in [0.25, 0.3) is 0 Å². The van der Waals surface area contributed by atoms with Crippen LogP contribution in [0.5, 0.6) is 0 Å². The van der Waals surface area contributed by atoms with E-state index in [-0.39, 0.29) is 5.91 Å². The second-order valence-corrected chi connectivity index (χ2v) is 15.1. The van der Waals surface area contributed by atoms with Gasteiger partial charge in [0, 0.05) is 35.5 Å². The van der Waals surface area contributed by atoms with Crippen molar-refractivity contribution in [2.24, 2.45) is 28.7 Å². The van der Waals surface area contributed by atoms with Crippen LogP contribution >= 0.6 is 11.8 Å². The fourth-order valence-electron chi connectivity index (χ4n) is 3.88. The molecule has 0 aromatic heterocycles. The second kappa shape index (κ2) is 57.3. The van der Waals surface area contributed by atoms with Crippen LogP contribution in [0.15, 0.2) is 27.6 Å². The van der Waals surface area contributed by atoms with Gasteiger partial charge in [-0.2, -0.15) is 0 Å². The van der Waals surface area contributed by atoms with E-state index in [2.05, 4.69) is 113 Å². The van der Waals surface area contributed by atoms with Gasteiger partial charge in [0.25, 0.3) is 0 Å². The topological polar surface area (TPSA) is 41.5 Å². The molecule has 1 amide bonds. The fourth-order valence-corrected chi connectivity index (χ4v) is 5.14. The fraction of sp³-hybridized carbons (Fsp3) is 0.870. The first-order chi connectivity index (χ1) is 23.8. The third-order valence-corrected chi connectivity index (χ3v) is 7.77. The molecule has 1 aliphatic rings. The van der Waals surface area contributed by atoms with Gasteiger partial charge in [0.15, 0.2) is 0 Å². The Morgan fingerprint density at radius 3 is 1.54 bits per heavy atom. The minimum Gasteiger partial charge on any atom is -0.352 e. The summed E-state index contributed by atoms with van der Waals surface area (Å²) < 4.78 is 0. The molecule has 0 heterocycles. The van der Waals surface area contributed by atoms with Gasteiger partial charge in [-0.3, -0.25) is 9.79 Å². The number of aliphatic imine (C=N–C) groups is 1. The van der Waals surface area contributed by atoms with E-state index in [9.17, 15) is 4.79 Å². The highest BCUT2D eigenvalue weighted by molar-refractivity contribution is 8.04. The first-order valence-corrected chi connectivity index (χ1v) is 22.5. The number of allylic oxidation sites excluding steroid dienone is 2. The average molecular weight is 729 g/mol. The maximum atomic E-state index is 12.4. The van der Waals surface area contributed by atoms with Crippen molar-refractivity contribution >= 4 is 23.9 Å². The quantitative estimate of drug-likeness (QED) is 0.110. The minimum absolute atomic E-state index is 0.00734. The molecule has 1 unspecified atom stereocenters. The van der Waals surface area contributed by atoms with Crippen molar-refractivity contribution < 1.29 is 4.79 Å². The number of rotatable bonds is 14. The largest absolute Gasteiger partial charge is 0.352 e.